The van der Waals surface area contributed by atoms with Gasteiger partial charge in [0.05, 0.1) is 0 Å². The molecule has 0 saturated carbocycles. The van der Waals surface area contributed by atoms with Crippen LogP contribution in [0.15, 0.2) is 53.2 Å². The molecule has 0 N–H and O–H groups in total. The SMILES string of the molecule is C=C(Oc1ccc2c(c1F)CCCC(Br)=C2c1ccc(CC(CC)CCC)cc1)C(C)(C)C. The second-order valence-electron chi connectivity index (χ2n) is 10.3. The molecule has 33 heavy (non-hydrogen) atoms. The number of hydrogen-bond donors (Lipinski definition) is 0. The van der Waals surface area contributed by atoms with E-state index < -0.39 is 0 Å². The predicted octanol–water partition coefficient (Wildman–Crippen LogP) is 9.62. The molecule has 1 nitrogen and oxygen atoms in total. The minimum Gasteiger partial charge on any atom is -0.459 e. The third-order valence-corrected chi connectivity index (χ3v) is 7.48. The van der Waals surface area contributed by atoms with Crippen molar-refractivity contribution in [3.63, 3.8) is 0 Å². The van der Waals surface area contributed by atoms with E-state index in [4.69, 9.17) is 4.74 Å². The van der Waals surface area contributed by atoms with E-state index in [9.17, 15) is 0 Å². The van der Waals surface area contributed by atoms with Gasteiger partial charge < -0.3 is 4.74 Å². The van der Waals surface area contributed by atoms with E-state index in [2.05, 4.69) is 60.6 Å². The average molecular weight is 514 g/mol. The molecule has 0 amide bonds. The highest BCUT2D eigenvalue weighted by molar-refractivity contribution is 9.11. The minimum absolute atomic E-state index is 0.247. The summed E-state index contributed by atoms with van der Waals surface area (Å²) in [5.41, 5.74) is 5.04. The van der Waals surface area contributed by atoms with E-state index in [0.717, 1.165) is 51.9 Å². The number of halogens is 2. The molecule has 0 bridgehead atoms. The van der Waals surface area contributed by atoms with E-state index in [1.807, 2.05) is 26.8 Å². The molecule has 1 unspecified atom stereocenters. The van der Waals surface area contributed by atoms with Gasteiger partial charge in [0, 0.05) is 9.90 Å². The summed E-state index contributed by atoms with van der Waals surface area (Å²) in [6, 6.07) is 12.6. The Morgan fingerprint density at radius 2 is 1.79 bits per heavy atom. The maximum Gasteiger partial charge on any atom is 0.169 e. The molecule has 0 radical (unpaired) electrons. The number of ether oxygens (including phenoxy) is 1. The summed E-state index contributed by atoms with van der Waals surface area (Å²) >= 11 is 3.82. The molecule has 1 aliphatic rings. The van der Waals surface area contributed by atoms with Crippen molar-refractivity contribution < 1.29 is 9.13 Å². The smallest absolute Gasteiger partial charge is 0.169 e. The summed E-state index contributed by atoms with van der Waals surface area (Å²) in [6.07, 6.45) is 7.31. The van der Waals surface area contributed by atoms with Gasteiger partial charge in [0.15, 0.2) is 11.6 Å². The maximum absolute atomic E-state index is 15.6. The molecular weight excluding hydrogens is 475 g/mol. The normalized spacial score (nSPS) is 15.1. The molecule has 0 spiro atoms. The fourth-order valence-electron chi connectivity index (χ4n) is 4.45. The van der Waals surface area contributed by atoms with Gasteiger partial charge in [-0.05, 0) is 65.5 Å². The Balaban J connectivity index is 1.94. The van der Waals surface area contributed by atoms with Crippen LogP contribution in [-0.2, 0) is 12.8 Å². The second kappa shape index (κ2) is 11.0. The lowest BCUT2D eigenvalue weighted by Crippen LogP contribution is -2.14. The molecule has 2 aromatic carbocycles. The van der Waals surface area contributed by atoms with Gasteiger partial charge in [0.25, 0.3) is 0 Å². The lowest BCUT2D eigenvalue weighted by molar-refractivity contribution is 0.285. The van der Waals surface area contributed by atoms with Crippen LogP contribution in [0.1, 0.15) is 89.0 Å². The number of rotatable bonds is 8. The Labute approximate surface area is 208 Å². The van der Waals surface area contributed by atoms with Crippen LogP contribution in [0.25, 0.3) is 5.57 Å². The lowest BCUT2D eigenvalue weighted by atomic mass is 9.90. The molecule has 1 aliphatic carbocycles. The maximum atomic E-state index is 15.6. The van der Waals surface area contributed by atoms with E-state index in [1.165, 1.54) is 24.8 Å². The fourth-order valence-corrected chi connectivity index (χ4v) is 5.17. The Morgan fingerprint density at radius 3 is 2.39 bits per heavy atom. The van der Waals surface area contributed by atoms with Gasteiger partial charge in [-0.25, -0.2) is 4.39 Å². The van der Waals surface area contributed by atoms with Crippen molar-refractivity contribution in [3.8, 4) is 5.75 Å². The van der Waals surface area contributed by atoms with Gasteiger partial charge in [0.1, 0.15) is 5.76 Å². The van der Waals surface area contributed by atoms with Crippen molar-refractivity contribution in [2.75, 3.05) is 0 Å². The van der Waals surface area contributed by atoms with Gasteiger partial charge in [0.2, 0.25) is 0 Å². The Kier molecular flexibility index (Phi) is 8.61. The van der Waals surface area contributed by atoms with Crippen LogP contribution in [0.4, 0.5) is 4.39 Å². The number of allylic oxidation sites excluding steroid dienone is 2. The van der Waals surface area contributed by atoms with Crippen LogP contribution in [0.5, 0.6) is 5.75 Å². The van der Waals surface area contributed by atoms with E-state index in [0.29, 0.717) is 12.2 Å². The lowest BCUT2D eigenvalue weighted by Gasteiger charge is -2.23. The first-order valence-electron chi connectivity index (χ1n) is 12.3. The number of hydrogen-bond acceptors (Lipinski definition) is 1. The van der Waals surface area contributed by atoms with Gasteiger partial charge in [-0.1, -0.05) is 107 Å². The molecular formula is C30H38BrFO. The zero-order chi connectivity index (χ0) is 24.2. The Hall–Kier alpha value is -1.87. The van der Waals surface area contributed by atoms with Crippen LogP contribution in [0.2, 0.25) is 0 Å². The van der Waals surface area contributed by atoms with Crippen molar-refractivity contribution in [3.05, 3.63) is 81.3 Å². The zero-order valence-corrected chi connectivity index (χ0v) is 22.4. The van der Waals surface area contributed by atoms with Gasteiger partial charge >= 0.3 is 0 Å². The number of fused-ring (bicyclic) bond motifs is 1. The quantitative estimate of drug-likeness (QED) is 0.319. The van der Waals surface area contributed by atoms with Crippen molar-refractivity contribution in [2.45, 2.75) is 79.6 Å². The van der Waals surface area contributed by atoms with E-state index in [-0.39, 0.29) is 17.0 Å². The highest BCUT2D eigenvalue weighted by Gasteiger charge is 2.25. The van der Waals surface area contributed by atoms with E-state index in [1.54, 1.807) is 6.07 Å². The second-order valence-corrected chi connectivity index (χ2v) is 11.2. The molecule has 3 heteroatoms. The van der Waals surface area contributed by atoms with Gasteiger partial charge in [-0.2, -0.15) is 0 Å². The van der Waals surface area contributed by atoms with Crippen LogP contribution in [0.3, 0.4) is 0 Å². The molecule has 0 heterocycles. The van der Waals surface area contributed by atoms with Crippen molar-refractivity contribution in [2.24, 2.45) is 11.3 Å². The molecule has 0 fully saturated rings. The van der Waals surface area contributed by atoms with Crippen molar-refractivity contribution in [1.82, 2.24) is 0 Å². The van der Waals surface area contributed by atoms with Crippen LogP contribution >= 0.6 is 15.9 Å². The van der Waals surface area contributed by atoms with Crippen LogP contribution < -0.4 is 4.74 Å². The summed E-state index contributed by atoms with van der Waals surface area (Å²) < 4.78 is 22.6. The summed E-state index contributed by atoms with van der Waals surface area (Å²) in [5.74, 6) is 1.30. The van der Waals surface area contributed by atoms with Gasteiger partial charge in [-0.15, -0.1) is 0 Å². The highest BCUT2D eigenvalue weighted by Crippen LogP contribution is 2.41. The first-order chi connectivity index (χ1) is 15.7. The standard InChI is InChI=1S/C30H38BrFO/c1-7-10-21(8-2)19-22-13-15-23(16-14-22)28-24-17-18-27(33-20(3)30(4,5)6)29(32)25(24)11-9-12-26(28)31/h13-18,21H,3,7-12,19H2,1-2,4-6H3. The highest BCUT2D eigenvalue weighted by atomic mass is 79.9. The largest absolute Gasteiger partial charge is 0.459 e. The molecule has 0 aromatic heterocycles. The summed E-state index contributed by atoms with van der Waals surface area (Å²) in [6.45, 7) is 14.6. The predicted molar refractivity (Wildman–Crippen MR) is 142 cm³/mol. The molecule has 0 saturated heterocycles. The fraction of sp³-hybridized carbons (Fsp3) is 0.467. The van der Waals surface area contributed by atoms with Crippen molar-refractivity contribution >= 4 is 21.5 Å². The average Bonchev–Trinajstić information content (AvgIpc) is 2.94. The zero-order valence-electron chi connectivity index (χ0n) is 20.9. The first kappa shape index (κ1) is 25.7. The van der Waals surface area contributed by atoms with Crippen LogP contribution in [-0.4, -0.2) is 0 Å². The number of benzene rings is 2. The molecule has 0 aliphatic heterocycles. The first-order valence-corrected chi connectivity index (χ1v) is 13.1. The minimum atomic E-state index is -0.264. The molecule has 178 valence electrons. The Morgan fingerprint density at radius 1 is 1.09 bits per heavy atom. The van der Waals surface area contributed by atoms with Crippen LogP contribution in [0, 0.1) is 17.2 Å². The molecule has 3 rings (SSSR count). The van der Waals surface area contributed by atoms with Crippen molar-refractivity contribution in [1.29, 1.82) is 0 Å². The van der Waals surface area contributed by atoms with Gasteiger partial charge in [-0.3, -0.25) is 0 Å². The molecule has 1 atom stereocenters. The Bertz CT molecular complexity index is 1010. The topological polar surface area (TPSA) is 9.23 Å². The third-order valence-electron chi connectivity index (χ3n) is 6.68. The van der Waals surface area contributed by atoms with E-state index >= 15 is 4.39 Å². The molecule has 2 aromatic rings. The summed E-state index contributed by atoms with van der Waals surface area (Å²) in [4.78, 5) is 0. The summed E-state index contributed by atoms with van der Waals surface area (Å²) in [7, 11) is 0. The summed E-state index contributed by atoms with van der Waals surface area (Å²) in [5, 5.41) is 0. The third kappa shape index (κ3) is 6.18. The monoisotopic (exact) mass is 512 g/mol.